The summed E-state index contributed by atoms with van der Waals surface area (Å²) in [6, 6.07) is 13.1. The molecule has 2 fully saturated rings. The third kappa shape index (κ3) is 2.39. The second kappa shape index (κ2) is 6.46. The van der Waals surface area contributed by atoms with Crippen LogP contribution in [0.2, 0.25) is 5.02 Å². The predicted molar refractivity (Wildman–Crippen MR) is 107 cm³/mol. The van der Waals surface area contributed by atoms with Gasteiger partial charge < -0.3 is 9.64 Å². The van der Waals surface area contributed by atoms with Crippen molar-refractivity contribution in [2.24, 2.45) is 11.8 Å². The number of imide groups is 1. The number of carbonyl (C=O) groups excluding carboxylic acids is 3. The maximum absolute atomic E-state index is 13.5. The van der Waals surface area contributed by atoms with E-state index in [2.05, 4.69) is 0 Å². The van der Waals surface area contributed by atoms with E-state index in [1.165, 1.54) is 7.11 Å². The predicted octanol–water partition coefficient (Wildman–Crippen LogP) is 3.03. The smallest absolute Gasteiger partial charge is 0.329 e. The summed E-state index contributed by atoms with van der Waals surface area (Å²) >= 11 is 6.28. The maximum atomic E-state index is 13.5. The van der Waals surface area contributed by atoms with Gasteiger partial charge in [0.1, 0.15) is 6.04 Å². The molecule has 5 rings (SSSR count). The summed E-state index contributed by atoms with van der Waals surface area (Å²) < 4.78 is 5.00. The number of methoxy groups -OCH3 is 1. The van der Waals surface area contributed by atoms with E-state index in [1.54, 1.807) is 35.4 Å². The SMILES string of the molecule is COC(=O)[C@@H]1[C@@H]2C(=O)N(c3ccccc3Cl)C(=O)[C@H]2[C@@H]2c3ccccc3C=CN12. The fourth-order valence-corrected chi connectivity index (χ4v) is 5.04. The molecule has 2 aromatic carbocycles. The van der Waals surface area contributed by atoms with Crippen LogP contribution < -0.4 is 4.90 Å². The van der Waals surface area contributed by atoms with Gasteiger partial charge in [-0.15, -0.1) is 0 Å². The number of rotatable bonds is 2. The summed E-state index contributed by atoms with van der Waals surface area (Å²) in [5.74, 6) is -2.85. The van der Waals surface area contributed by atoms with Gasteiger partial charge in [-0.2, -0.15) is 0 Å². The third-order valence-electron chi connectivity index (χ3n) is 6.00. The molecule has 0 aliphatic carbocycles. The first-order valence-electron chi connectivity index (χ1n) is 9.29. The lowest BCUT2D eigenvalue weighted by molar-refractivity contribution is -0.148. The fourth-order valence-electron chi connectivity index (χ4n) is 4.82. The zero-order valence-electron chi connectivity index (χ0n) is 15.5. The molecule has 146 valence electrons. The highest BCUT2D eigenvalue weighted by Crippen LogP contribution is 2.53. The van der Waals surface area contributed by atoms with Crippen molar-refractivity contribution < 1.29 is 19.1 Å². The minimum atomic E-state index is -0.872. The third-order valence-corrected chi connectivity index (χ3v) is 6.32. The van der Waals surface area contributed by atoms with Crippen LogP contribution in [0.15, 0.2) is 54.7 Å². The number of hydrogen-bond acceptors (Lipinski definition) is 5. The van der Waals surface area contributed by atoms with E-state index in [9.17, 15) is 14.4 Å². The van der Waals surface area contributed by atoms with Crippen molar-refractivity contribution in [3.8, 4) is 0 Å². The van der Waals surface area contributed by atoms with Gasteiger partial charge in [-0.1, -0.05) is 48.0 Å². The Labute approximate surface area is 172 Å². The summed E-state index contributed by atoms with van der Waals surface area (Å²) in [5, 5.41) is 0.310. The number of esters is 1. The van der Waals surface area contributed by atoms with Crippen molar-refractivity contribution in [3.05, 3.63) is 70.9 Å². The van der Waals surface area contributed by atoms with Crippen LogP contribution in [0.4, 0.5) is 5.69 Å². The number of para-hydroxylation sites is 1. The number of hydrogen-bond donors (Lipinski definition) is 0. The lowest BCUT2D eigenvalue weighted by Gasteiger charge is -2.34. The molecule has 0 unspecified atom stereocenters. The summed E-state index contributed by atoms with van der Waals surface area (Å²) in [5.41, 5.74) is 2.22. The van der Waals surface area contributed by atoms with E-state index >= 15 is 0 Å². The van der Waals surface area contributed by atoms with Crippen molar-refractivity contribution in [2.75, 3.05) is 12.0 Å². The Kier molecular flexibility index (Phi) is 3.99. The molecular weight excluding hydrogens is 392 g/mol. The molecule has 0 spiro atoms. The lowest BCUT2D eigenvalue weighted by atomic mass is 9.84. The number of anilines is 1. The lowest BCUT2D eigenvalue weighted by Crippen LogP contribution is -2.44. The molecule has 0 saturated carbocycles. The number of carbonyl (C=O) groups is 3. The Balaban J connectivity index is 1.67. The number of halogens is 1. The number of nitrogens with zero attached hydrogens (tertiary/aromatic N) is 2. The first-order valence-corrected chi connectivity index (χ1v) is 9.67. The van der Waals surface area contributed by atoms with Gasteiger partial charge >= 0.3 is 5.97 Å². The van der Waals surface area contributed by atoms with Gasteiger partial charge in [0.05, 0.1) is 35.7 Å². The fraction of sp³-hybridized carbons (Fsp3) is 0.227. The van der Waals surface area contributed by atoms with Crippen LogP contribution in [0.1, 0.15) is 17.2 Å². The van der Waals surface area contributed by atoms with E-state index in [1.807, 2.05) is 30.3 Å². The van der Waals surface area contributed by atoms with Gasteiger partial charge in [-0.3, -0.25) is 9.59 Å². The Morgan fingerprint density at radius 1 is 1.00 bits per heavy atom. The van der Waals surface area contributed by atoms with Crippen LogP contribution in [-0.4, -0.2) is 35.8 Å². The number of amides is 2. The summed E-state index contributed by atoms with van der Waals surface area (Å²) in [6.45, 7) is 0. The first kappa shape index (κ1) is 17.9. The van der Waals surface area contributed by atoms with Crippen molar-refractivity contribution in [1.29, 1.82) is 0 Å². The molecule has 3 heterocycles. The largest absolute Gasteiger partial charge is 0.467 e. The van der Waals surface area contributed by atoms with Crippen molar-refractivity contribution in [3.63, 3.8) is 0 Å². The molecule has 7 heteroatoms. The molecular formula is C22H17ClN2O4. The molecule has 0 N–H and O–H groups in total. The van der Waals surface area contributed by atoms with E-state index in [-0.39, 0.29) is 5.91 Å². The molecule has 3 aliphatic heterocycles. The molecule has 3 aliphatic rings. The van der Waals surface area contributed by atoms with Gasteiger partial charge in [-0.25, -0.2) is 9.69 Å². The zero-order valence-corrected chi connectivity index (χ0v) is 16.2. The highest BCUT2D eigenvalue weighted by molar-refractivity contribution is 6.36. The van der Waals surface area contributed by atoms with Crippen LogP contribution in [0.25, 0.3) is 6.08 Å². The highest BCUT2D eigenvalue weighted by Gasteiger charge is 2.65. The van der Waals surface area contributed by atoms with Gasteiger partial charge in [0.25, 0.3) is 0 Å². The quantitative estimate of drug-likeness (QED) is 0.564. The van der Waals surface area contributed by atoms with Gasteiger partial charge in [0.15, 0.2) is 0 Å². The highest BCUT2D eigenvalue weighted by atomic mass is 35.5. The van der Waals surface area contributed by atoms with Gasteiger partial charge in [-0.05, 0) is 29.3 Å². The number of benzene rings is 2. The average molecular weight is 409 g/mol. The van der Waals surface area contributed by atoms with Crippen molar-refractivity contribution in [1.82, 2.24) is 4.90 Å². The van der Waals surface area contributed by atoms with Gasteiger partial charge in [0, 0.05) is 6.20 Å². The monoisotopic (exact) mass is 408 g/mol. The standard InChI is InChI=1S/C22H17ClN2O4/c1-29-22(28)19-17-16(18-13-7-3-2-6-12(13)10-11-24(18)19)20(26)25(21(17)27)15-9-5-4-8-14(15)23/h2-11,16-19H,1H3/t16-,17-,18+,19+/m1/s1. The molecule has 2 aromatic rings. The molecule has 2 amide bonds. The summed E-state index contributed by atoms with van der Waals surface area (Å²) in [7, 11) is 1.29. The molecule has 0 bridgehead atoms. The number of ether oxygens (including phenoxy) is 1. The zero-order chi connectivity index (χ0) is 20.3. The normalized spacial score (nSPS) is 27.0. The van der Waals surface area contributed by atoms with Gasteiger partial charge in [0.2, 0.25) is 11.8 Å². The Morgan fingerprint density at radius 3 is 2.45 bits per heavy atom. The van der Waals surface area contributed by atoms with Crippen LogP contribution in [0.5, 0.6) is 0 Å². The molecule has 0 radical (unpaired) electrons. The second-order valence-corrected chi connectivity index (χ2v) is 7.73. The van der Waals surface area contributed by atoms with Crippen LogP contribution in [-0.2, 0) is 19.1 Å². The summed E-state index contributed by atoms with van der Waals surface area (Å²) in [4.78, 5) is 42.5. The Hall–Kier alpha value is -3.12. The molecule has 6 nitrogen and oxygen atoms in total. The van der Waals surface area contributed by atoms with Crippen molar-refractivity contribution >= 4 is 41.1 Å². The average Bonchev–Trinajstić information content (AvgIpc) is 3.21. The second-order valence-electron chi connectivity index (χ2n) is 7.32. The molecule has 0 aromatic heterocycles. The summed E-state index contributed by atoms with van der Waals surface area (Å²) in [6.07, 6.45) is 3.68. The minimum absolute atomic E-state index is 0.310. The molecule has 2 saturated heterocycles. The first-order chi connectivity index (χ1) is 14.0. The van der Waals surface area contributed by atoms with E-state index in [0.29, 0.717) is 10.7 Å². The van der Waals surface area contributed by atoms with Crippen LogP contribution in [0, 0.1) is 11.8 Å². The minimum Gasteiger partial charge on any atom is -0.467 e. The molecule has 29 heavy (non-hydrogen) atoms. The maximum Gasteiger partial charge on any atom is 0.329 e. The number of fused-ring (bicyclic) bond motifs is 5. The van der Waals surface area contributed by atoms with E-state index < -0.39 is 35.8 Å². The Morgan fingerprint density at radius 2 is 1.69 bits per heavy atom. The van der Waals surface area contributed by atoms with E-state index in [4.69, 9.17) is 16.3 Å². The molecule has 4 atom stereocenters. The van der Waals surface area contributed by atoms with Crippen LogP contribution in [0.3, 0.4) is 0 Å². The Bertz CT molecular complexity index is 1080. The topological polar surface area (TPSA) is 66.9 Å². The van der Waals surface area contributed by atoms with E-state index in [0.717, 1.165) is 16.0 Å². The van der Waals surface area contributed by atoms with Crippen LogP contribution >= 0.6 is 11.6 Å². The van der Waals surface area contributed by atoms with Crippen molar-refractivity contribution in [2.45, 2.75) is 12.1 Å².